The molecule has 3 rings (SSSR count). The molecule has 0 amide bonds. The summed E-state index contributed by atoms with van der Waals surface area (Å²) in [4.78, 5) is 1.73. The van der Waals surface area contributed by atoms with Crippen molar-refractivity contribution in [1.82, 2.24) is 9.21 Å². The fourth-order valence-electron chi connectivity index (χ4n) is 2.95. The van der Waals surface area contributed by atoms with Crippen LogP contribution in [0.25, 0.3) is 0 Å². The summed E-state index contributed by atoms with van der Waals surface area (Å²) in [5, 5.41) is 0. The number of sulfonamides is 1. The Hall–Kier alpha value is -1.83. The molecule has 2 aromatic rings. The average molecular weight is 366 g/mol. The normalized spacial score (nSPS) is 16.9. The van der Waals surface area contributed by atoms with Crippen LogP contribution < -0.4 is 0 Å². The molecule has 25 heavy (non-hydrogen) atoms. The van der Waals surface area contributed by atoms with Gasteiger partial charge in [0, 0.05) is 38.8 Å². The summed E-state index contributed by atoms with van der Waals surface area (Å²) in [5.41, 5.74) is 1.24. The second-order valence-corrected chi connectivity index (χ2v) is 7.96. The maximum absolute atomic E-state index is 13.8. The van der Waals surface area contributed by atoms with Gasteiger partial charge >= 0.3 is 0 Å². The van der Waals surface area contributed by atoms with Crippen molar-refractivity contribution in [1.29, 1.82) is 0 Å². The Morgan fingerprint density at radius 3 is 2.24 bits per heavy atom. The van der Waals surface area contributed by atoms with Gasteiger partial charge in [-0.15, -0.1) is 0 Å². The summed E-state index contributed by atoms with van der Waals surface area (Å²) in [6, 6.07) is 12.7. The molecule has 2 aromatic carbocycles. The molecule has 0 atom stereocenters. The molecule has 1 fully saturated rings. The summed E-state index contributed by atoms with van der Waals surface area (Å²) in [5.74, 6) is -1.84. The molecule has 0 aliphatic carbocycles. The summed E-state index contributed by atoms with van der Waals surface area (Å²) in [6.07, 6.45) is 0.903. The molecule has 4 nitrogen and oxygen atoms in total. The monoisotopic (exact) mass is 366 g/mol. The number of piperazine rings is 1. The molecule has 0 saturated carbocycles. The lowest BCUT2D eigenvalue weighted by atomic mass is 10.1. The molecular weight excluding hydrogens is 346 g/mol. The second kappa shape index (κ2) is 7.59. The van der Waals surface area contributed by atoms with Crippen LogP contribution in [-0.2, 0) is 16.4 Å². The van der Waals surface area contributed by atoms with Crippen LogP contribution in [0, 0.1) is 11.6 Å². The zero-order valence-corrected chi connectivity index (χ0v) is 14.6. The van der Waals surface area contributed by atoms with E-state index in [1.54, 1.807) is 0 Å². The minimum atomic E-state index is -3.93. The maximum Gasteiger partial charge on any atom is 0.246 e. The van der Waals surface area contributed by atoms with Crippen LogP contribution in [0.4, 0.5) is 8.78 Å². The van der Waals surface area contributed by atoms with E-state index in [0.717, 1.165) is 25.1 Å². The molecule has 1 heterocycles. The topological polar surface area (TPSA) is 40.6 Å². The van der Waals surface area contributed by atoms with E-state index < -0.39 is 26.6 Å². The molecule has 1 aliphatic rings. The zero-order chi connectivity index (χ0) is 17.9. The average Bonchev–Trinajstić information content (AvgIpc) is 2.61. The van der Waals surface area contributed by atoms with Gasteiger partial charge in [0.1, 0.15) is 16.5 Å². The number of halogens is 2. The van der Waals surface area contributed by atoms with Crippen molar-refractivity contribution in [3.05, 3.63) is 65.7 Å². The van der Waals surface area contributed by atoms with Gasteiger partial charge in [0.15, 0.2) is 0 Å². The zero-order valence-electron chi connectivity index (χ0n) is 13.7. The SMILES string of the molecule is O=S(=O)(c1ccc(F)cc1F)N1CCN(CCc2ccccc2)CC1. The van der Waals surface area contributed by atoms with Gasteiger partial charge in [-0.2, -0.15) is 4.31 Å². The molecule has 1 aliphatic heterocycles. The molecule has 0 aromatic heterocycles. The molecule has 1 saturated heterocycles. The molecular formula is C18H20F2N2O2S. The van der Waals surface area contributed by atoms with Crippen molar-refractivity contribution < 1.29 is 17.2 Å². The third-order valence-corrected chi connectivity index (χ3v) is 6.33. The quantitative estimate of drug-likeness (QED) is 0.816. The first-order valence-corrected chi connectivity index (χ1v) is 9.62. The number of nitrogens with zero attached hydrogens (tertiary/aromatic N) is 2. The molecule has 0 unspecified atom stereocenters. The van der Waals surface area contributed by atoms with Crippen LogP contribution >= 0.6 is 0 Å². The lowest BCUT2D eigenvalue weighted by Gasteiger charge is -2.34. The molecule has 0 N–H and O–H groups in total. The van der Waals surface area contributed by atoms with Crippen molar-refractivity contribution in [3.8, 4) is 0 Å². The van der Waals surface area contributed by atoms with E-state index in [0.29, 0.717) is 32.2 Å². The highest BCUT2D eigenvalue weighted by Gasteiger charge is 2.30. The summed E-state index contributed by atoms with van der Waals surface area (Å²) in [7, 11) is -3.93. The third kappa shape index (κ3) is 4.23. The largest absolute Gasteiger partial charge is 0.300 e. The summed E-state index contributed by atoms with van der Waals surface area (Å²) >= 11 is 0. The third-order valence-electron chi connectivity index (χ3n) is 4.40. The minimum absolute atomic E-state index is 0.300. The predicted octanol–water partition coefficient (Wildman–Crippen LogP) is 2.51. The predicted molar refractivity (Wildman–Crippen MR) is 91.7 cm³/mol. The van der Waals surface area contributed by atoms with Crippen molar-refractivity contribution in [2.24, 2.45) is 0 Å². The van der Waals surface area contributed by atoms with Crippen LogP contribution in [-0.4, -0.2) is 50.3 Å². The van der Waals surface area contributed by atoms with E-state index >= 15 is 0 Å². The maximum atomic E-state index is 13.8. The first-order valence-electron chi connectivity index (χ1n) is 8.18. The van der Waals surface area contributed by atoms with Gasteiger partial charge in [-0.05, 0) is 24.1 Å². The van der Waals surface area contributed by atoms with E-state index in [4.69, 9.17) is 0 Å². The van der Waals surface area contributed by atoms with E-state index in [-0.39, 0.29) is 0 Å². The molecule has 0 radical (unpaired) electrons. The Bertz CT molecular complexity index is 820. The Balaban J connectivity index is 1.59. The fourth-order valence-corrected chi connectivity index (χ4v) is 4.42. The first kappa shape index (κ1) is 18.0. The van der Waals surface area contributed by atoms with Gasteiger partial charge < -0.3 is 4.90 Å². The summed E-state index contributed by atoms with van der Waals surface area (Å²) < 4.78 is 53.2. The van der Waals surface area contributed by atoms with Gasteiger partial charge in [0.25, 0.3) is 0 Å². The van der Waals surface area contributed by atoms with Crippen LogP contribution in [0.3, 0.4) is 0 Å². The molecule has 7 heteroatoms. The van der Waals surface area contributed by atoms with E-state index in [9.17, 15) is 17.2 Å². The van der Waals surface area contributed by atoms with Crippen molar-refractivity contribution in [2.45, 2.75) is 11.3 Å². The Morgan fingerprint density at radius 2 is 1.60 bits per heavy atom. The molecule has 134 valence electrons. The Morgan fingerprint density at radius 1 is 0.920 bits per heavy atom. The van der Waals surface area contributed by atoms with Gasteiger partial charge in [0.05, 0.1) is 0 Å². The summed E-state index contributed by atoms with van der Waals surface area (Å²) in [6.45, 7) is 2.63. The highest BCUT2D eigenvalue weighted by atomic mass is 32.2. The number of hydrogen-bond donors (Lipinski definition) is 0. The highest BCUT2D eigenvalue weighted by molar-refractivity contribution is 7.89. The van der Waals surface area contributed by atoms with E-state index in [1.807, 2.05) is 18.2 Å². The Kier molecular flexibility index (Phi) is 5.46. The van der Waals surface area contributed by atoms with Gasteiger partial charge in [-0.25, -0.2) is 17.2 Å². The smallest absolute Gasteiger partial charge is 0.246 e. The highest BCUT2D eigenvalue weighted by Crippen LogP contribution is 2.21. The second-order valence-electron chi connectivity index (χ2n) is 6.06. The van der Waals surface area contributed by atoms with Crippen LogP contribution in [0.1, 0.15) is 5.56 Å². The van der Waals surface area contributed by atoms with E-state index in [1.165, 1.54) is 9.87 Å². The number of benzene rings is 2. The van der Waals surface area contributed by atoms with E-state index in [2.05, 4.69) is 17.0 Å². The number of rotatable bonds is 5. The minimum Gasteiger partial charge on any atom is -0.300 e. The number of hydrogen-bond acceptors (Lipinski definition) is 3. The molecule has 0 spiro atoms. The van der Waals surface area contributed by atoms with Gasteiger partial charge in [-0.1, -0.05) is 30.3 Å². The van der Waals surface area contributed by atoms with Gasteiger partial charge in [0.2, 0.25) is 10.0 Å². The van der Waals surface area contributed by atoms with Crippen molar-refractivity contribution in [3.63, 3.8) is 0 Å². The van der Waals surface area contributed by atoms with Crippen LogP contribution in [0.2, 0.25) is 0 Å². The first-order chi connectivity index (χ1) is 12.0. The fraction of sp³-hybridized carbons (Fsp3) is 0.333. The van der Waals surface area contributed by atoms with Crippen molar-refractivity contribution >= 4 is 10.0 Å². The lowest BCUT2D eigenvalue weighted by molar-refractivity contribution is 0.190. The Labute approximate surface area is 146 Å². The molecule has 0 bridgehead atoms. The van der Waals surface area contributed by atoms with Gasteiger partial charge in [-0.3, -0.25) is 0 Å². The lowest BCUT2D eigenvalue weighted by Crippen LogP contribution is -2.49. The standard InChI is InChI=1S/C18H20F2N2O2S/c19-16-6-7-18(17(20)14-16)25(23,24)22-12-10-21(11-13-22)9-8-15-4-2-1-3-5-15/h1-7,14H,8-13H2. The van der Waals surface area contributed by atoms with Crippen LogP contribution in [0.5, 0.6) is 0 Å². The van der Waals surface area contributed by atoms with Crippen molar-refractivity contribution in [2.75, 3.05) is 32.7 Å². The van der Waals surface area contributed by atoms with Crippen LogP contribution in [0.15, 0.2) is 53.4 Å².